The zero-order valence-corrected chi connectivity index (χ0v) is 10.00. The van der Waals surface area contributed by atoms with Gasteiger partial charge < -0.3 is 25.2 Å². The minimum absolute atomic E-state index is 0.347. The predicted molar refractivity (Wildman–Crippen MR) is 57.5 cm³/mol. The van der Waals surface area contributed by atoms with Gasteiger partial charge in [0.25, 0.3) is 0 Å². The van der Waals surface area contributed by atoms with Crippen LogP contribution in [0.4, 0.5) is 0 Å². The average Bonchev–Trinajstić information content (AvgIpc) is 2.23. The Labute approximate surface area is 95.7 Å². The summed E-state index contributed by atoms with van der Waals surface area (Å²) in [6.45, 7) is 5.33. The van der Waals surface area contributed by atoms with Gasteiger partial charge in [0.2, 0.25) is 0 Å². The topological polar surface area (TPSA) is 90.2 Å². The molecule has 96 valence electrons. The standard InChI is InChI=1S/C11H22O5/c1-4-11(2,3)7-9(14)8(13)6(5-12)16-10(7)15/h6-10,12-15H,4-5H2,1-3H3/t6-,7-,8-,9-,10+/m0/s1. The third kappa shape index (κ3) is 2.38. The second-order valence-electron chi connectivity index (χ2n) is 5.10. The van der Waals surface area contributed by atoms with Crippen LogP contribution < -0.4 is 0 Å². The summed E-state index contributed by atoms with van der Waals surface area (Å²) in [5.41, 5.74) is -0.347. The molecule has 0 radical (unpaired) electrons. The molecule has 1 rings (SSSR count). The first kappa shape index (κ1) is 13.9. The Hall–Kier alpha value is -0.200. The van der Waals surface area contributed by atoms with Gasteiger partial charge in [0, 0.05) is 5.92 Å². The van der Waals surface area contributed by atoms with E-state index in [9.17, 15) is 15.3 Å². The summed E-state index contributed by atoms with van der Waals surface area (Å²) < 4.78 is 5.11. The molecule has 4 N–H and O–H groups in total. The van der Waals surface area contributed by atoms with Gasteiger partial charge in [0.15, 0.2) is 6.29 Å². The first-order valence-electron chi connectivity index (χ1n) is 5.65. The average molecular weight is 234 g/mol. The summed E-state index contributed by atoms with van der Waals surface area (Å²) in [6.07, 6.45) is -3.59. The van der Waals surface area contributed by atoms with E-state index < -0.39 is 37.1 Å². The number of hydrogen-bond donors (Lipinski definition) is 4. The van der Waals surface area contributed by atoms with Gasteiger partial charge in [-0.25, -0.2) is 0 Å². The lowest BCUT2D eigenvalue weighted by Gasteiger charge is -2.46. The molecule has 1 saturated heterocycles. The van der Waals surface area contributed by atoms with Crippen LogP contribution in [0, 0.1) is 11.3 Å². The Kier molecular flexibility index (Phi) is 4.31. The number of aliphatic hydroxyl groups excluding tert-OH is 4. The molecular formula is C11H22O5. The third-order valence-electron chi connectivity index (χ3n) is 3.71. The zero-order chi connectivity index (χ0) is 12.5. The van der Waals surface area contributed by atoms with Crippen molar-refractivity contribution < 1.29 is 25.2 Å². The SMILES string of the molecule is CCC(C)(C)[C@H]1[C@H](O)[C@@H](O)[C@H](CO)O[C@H]1O. The van der Waals surface area contributed by atoms with Gasteiger partial charge in [0.1, 0.15) is 12.2 Å². The smallest absolute Gasteiger partial charge is 0.161 e. The van der Waals surface area contributed by atoms with E-state index in [0.29, 0.717) is 0 Å². The number of rotatable bonds is 3. The van der Waals surface area contributed by atoms with Crippen LogP contribution in [0.1, 0.15) is 27.2 Å². The molecule has 5 heteroatoms. The Bertz CT molecular complexity index is 230. The molecule has 0 saturated carbocycles. The number of aliphatic hydroxyl groups is 4. The highest BCUT2D eigenvalue weighted by Crippen LogP contribution is 2.40. The monoisotopic (exact) mass is 234 g/mol. The van der Waals surface area contributed by atoms with Crippen molar-refractivity contribution in [2.24, 2.45) is 11.3 Å². The van der Waals surface area contributed by atoms with Crippen LogP contribution in [0.3, 0.4) is 0 Å². The van der Waals surface area contributed by atoms with Crippen LogP contribution in [-0.4, -0.2) is 51.6 Å². The quantitative estimate of drug-likeness (QED) is 0.527. The van der Waals surface area contributed by atoms with E-state index in [1.54, 1.807) is 0 Å². The first-order chi connectivity index (χ1) is 7.35. The first-order valence-corrected chi connectivity index (χ1v) is 5.65. The predicted octanol–water partition coefficient (Wildman–Crippen LogP) is -0.530. The molecule has 1 aliphatic rings. The molecule has 0 amide bonds. The molecule has 0 bridgehead atoms. The zero-order valence-electron chi connectivity index (χ0n) is 10.00. The summed E-state index contributed by atoms with van der Waals surface area (Å²) in [4.78, 5) is 0. The van der Waals surface area contributed by atoms with E-state index in [1.807, 2.05) is 20.8 Å². The molecule has 1 heterocycles. The molecule has 5 nitrogen and oxygen atoms in total. The van der Waals surface area contributed by atoms with Crippen LogP contribution >= 0.6 is 0 Å². The van der Waals surface area contributed by atoms with E-state index in [4.69, 9.17) is 9.84 Å². The Morgan fingerprint density at radius 3 is 2.12 bits per heavy atom. The van der Waals surface area contributed by atoms with E-state index in [0.717, 1.165) is 6.42 Å². The Balaban J connectivity index is 2.87. The van der Waals surface area contributed by atoms with Gasteiger partial charge in [-0.3, -0.25) is 0 Å². The van der Waals surface area contributed by atoms with E-state index >= 15 is 0 Å². The van der Waals surface area contributed by atoms with Gasteiger partial charge in [-0.05, 0) is 5.41 Å². The van der Waals surface area contributed by atoms with Gasteiger partial charge in [-0.2, -0.15) is 0 Å². The van der Waals surface area contributed by atoms with Crippen molar-refractivity contribution in [2.45, 2.75) is 51.8 Å². The lowest BCUT2D eigenvalue weighted by molar-refractivity contribution is -0.288. The van der Waals surface area contributed by atoms with Crippen LogP contribution in [0.15, 0.2) is 0 Å². The molecule has 1 fully saturated rings. The van der Waals surface area contributed by atoms with E-state index in [-0.39, 0.29) is 5.41 Å². The molecule has 0 spiro atoms. The number of ether oxygens (including phenoxy) is 1. The maximum absolute atomic E-state index is 9.98. The Morgan fingerprint density at radius 1 is 1.12 bits per heavy atom. The van der Waals surface area contributed by atoms with Gasteiger partial charge in [-0.15, -0.1) is 0 Å². The molecule has 5 atom stereocenters. The van der Waals surface area contributed by atoms with Crippen molar-refractivity contribution in [2.75, 3.05) is 6.61 Å². The molecule has 0 aromatic carbocycles. The fourth-order valence-corrected chi connectivity index (χ4v) is 2.18. The minimum atomic E-state index is -1.16. The van der Waals surface area contributed by atoms with Crippen LogP contribution in [0.25, 0.3) is 0 Å². The second kappa shape index (κ2) is 4.98. The summed E-state index contributed by atoms with van der Waals surface area (Å²) in [5.74, 6) is -0.560. The van der Waals surface area contributed by atoms with Gasteiger partial charge >= 0.3 is 0 Å². The molecular weight excluding hydrogens is 212 g/mol. The molecule has 16 heavy (non-hydrogen) atoms. The number of hydrogen-bond acceptors (Lipinski definition) is 5. The van der Waals surface area contributed by atoms with Crippen LogP contribution in [0.2, 0.25) is 0 Å². The fourth-order valence-electron chi connectivity index (χ4n) is 2.18. The molecule has 0 aliphatic carbocycles. The molecule has 0 unspecified atom stereocenters. The molecule has 1 aliphatic heterocycles. The van der Waals surface area contributed by atoms with Crippen molar-refractivity contribution in [1.29, 1.82) is 0 Å². The van der Waals surface area contributed by atoms with Crippen molar-refractivity contribution in [3.8, 4) is 0 Å². The second-order valence-corrected chi connectivity index (χ2v) is 5.10. The molecule has 0 aromatic heterocycles. The maximum atomic E-state index is 9.98. The lowest BCUT2D eigenvalue weighted by atomic mass is 9.70. The van der Waals surface area contributed by atoms with Crippen molar-refractivity contribution >= 4 is 0 Å². The summed E-state index contributed by atoms with van der Waals surface area (Å²) in [6, 6.07) is 0. The van der Waals surface area contributed by atoms with Crippen molar-refractivity contribution in [3.63, 3.8) is 0 Å². The molecule has 0 aromatic rings. The lowest BCUT2D eigenvalue weighted by Crippen LogP contribution is -2.59. The van der Waals surface area contributed by atoms with Gasteiger partial charge in [0.05, 0.1) is 12.7 Å². The van der Waals surface area contributed by atoms with Crippen LogP contribution in [-0.2, 0) is 4.74 Å². The minimum Gasteiger partial charge on any atom is -0.394 e. The fraction of sp³-hybridized carbons (Fsp3) is 1.00. The highest BCUT2D eigenvalue weighted by Gasteiger charge is 2.49. The van der Waals surface area contributed by atoms with E-state index in [1.165, 1.54) is 0 Å². The summed E-state index contributed by atoms with van der Waals surface area (Å²) in [5, 5.41) is 38.5. The van der Waals surface area contributed by atoms with Gasteiger partial charge in [-0.1, -0.05) is 27.2 Å². The van der Waals surface area contributed by atoms with Crippen LogP contribution in [0.5, 0.6) is 0 Å². The van der Waals surface area contributed by atoms with E-state index in [2.05, 4.69) is 0 Å². The van der Waals surface area contributed by atoms with Crippen molar-refractivity contribution in [1.82, 2.24) is 0 Å². The highest BCUT2D eigenvalue weighted by atomic mass is 16.6. The highest BCUT2D eigenvalue weighted by molar-refractivity contribution is 4.94. The van der Waals surface area contributed by atoms with Crippen molar-refractivity contribution in [3.05, 3.63) is 0 Å². The largest absolute Gasteiger partial charge is 0.394 e. The third-order valence-corrected chi connectivity index (χ3v) is 3.71. The summed E-state index contributed by atoms with van der Waals surface area (Å²) in [7, 11) is 0. The maximum Gasteiger partial charge on any atom is 0.161 e. The summed E-state index contributed by atoms with van der Waals surface area (Å²) >= 11 is 0. The Morgan fingerprint density at radius 2 is 1.69 bits per heavy atom. The normalized spacial score (nSPS) is 41.1.